The lowest BCUT2D eigenvalue weighted by molar-refractivity contribution is -0.384. The summed E-state index contributed by atoms with van der Waals surface area (Å²) in [5, 5.41) is 10.5. The van der Waals surface area contributed by atoms with Crippen molar-refractivity contribution in [1.82, 2.24) is 9.55 Å². The smallest absolute Gasteiger partial charge is 0.274 e. The molecule has 0 N–H and O–H groups in total. The van der Waals surface area contributed by atoms with Crippen molar-refractivity contribution in [2.45, 2.75) is 6.55 Å². The van der Waals surface area contributed by atoms with Crippen molar-refractivity contribution in [3.8, 4) is 11.4 Å². The highest BCUT2D eigenvalue weighted by Crippen LogP contribution is 2.35. The second kappa shape index (κ2) is 4.69. The van der Waals surface area contributed by atoms with Crippen molar-refractivity contribution in [1.29, 1.82) is 0 Å². The summed E-state index contributed by atoms with van der Waals surface area (Å²) in [5.74, 6) is -0.112. The molecule has 0 spiro atoms. The van der Waals surface area contributed by atoms with Gasteiger partial charge in [-0.15, -0.1) is 0 Å². The standard InChI is InChI=1S/C10H6ClF2N3O2/c11-8-6(2-1-3-7(8)16(17)18)9-14-4-5-15(9)10(12)13/h1-5,10H. The van der Waals surface area contributed by atoms with Crippen LogP contribution in [0.15, 0.2) is 30.6 Å². The summed E-state index contributed by atoms with van der Waals surface area (Å²) >= 11 is 5.83. The second-order valence-corrected chi connectivity index (χ2v) is 3.71. The molecule has 2 rings (SSSR count). The minimum absolute atomic E-state index is 0.0937. The van der Waals surface area contributed by atoms with Gasteiger partial charge in [-0.3, -0.25) is 14.7 Å². The van der Waals surface area contributed by atoms with Gasteiger partial charge in [-0.05, 0) is 6.07 Å². The van der Waals surface area contributed by atoms with Gasteiger partial charge in [0.05, 0.1) is 4.92 Å². The van der Waals surface area contributed by atoms with Crippen molar-refractivity contribution in [2.24, 2.45) is 0 Å². The summed E-state index contributed by atoms with van der Waals surface area (Å²) in [4.78, 5) is 13.8. The summed E-state index contributed by atoms with van der Waals surface area (Å²) in [6, 6.07) is 3.96. The zero-order valence-electron chi connectivity index (χ0n) is 8.76. The average molecular weight is 274 g/mol. The van der Waals surface area contributed by atoms with Crippen LogP contribution in [-0.4, -0.2) is 14.5 Å². The van der Waals surface area contributed by atoms with Crippen molar-refractivity contribution in [2.75, 3.05) is 0 Å². The van der Waals surface area contributed by atoms with E-state index in [0.717, 1.165) is 6.20 Å². The topological polar surface area (TPSA) is 61.0 Å². The molecule has 0 amide bonds. The molecule has 1 heterocycles. The largest absolute Gasteiger partial charge is 0.320 e. The van der Waals surface area contributed by atoms with Gasteiger partial charge >= 0.3 is 6.55 Å². The monoisotopic (exact) mass is 273 g/mol. The van der Waals surface area contributed by atoms with E-state index >= 15 is 0 Å². The van der Waals surface area contributed by atoms with Crippen molar-refractivity contribution in [3.05, 3.63) is 45.7 Å². The SMILES string of the molecule is O=[N+]([O-])c1cccc(-c2nccn2C(F)F)c1Cl. The summed E-state index contributed by atoms with van der Waals surface area (Å²) < 4.78 is 26.0. The van der Waals surface area contributed by atoms with Crippen LogP contribution in [0.2, 0.25) is 5.02 Å². The van der Waals surface area contributed by atoms with E-state index in [2.05, 4.69) is 4.98 Å². The first-order valence-electron chi connectivity index (χ1n) is 4.76. The molecule has 0 aliphatic carbocycles. The fraction of sp³-hybridized carbons (Fsp3) is 0.100. The summed E-state index contributed by atoms with van der Waals surface area (Å²) in [6.45, 7) is -2.79. The van der Waals surface area contributed by atoms with Gasteiger partial charge in [0, 0.05) is 24.0 Å². The second-order valence-electron chi connectivity index (χ2n) is 3.33. The maximum atomic E-state index is 12.7. The van der Waals surface area contributed by atoms with Crippen molar-refractivity contribution in [3.63, 3.8) is 0 Å². The molecule has 0 unspecified atom stereocenters. The highest BCUT2D eigenvalue weighted by Gasteiger charge is 2.21. The number of halogens is 3. The third-order valence-corrected chi connectivity index (χ3v) is 2.69. The molecule has 0 radical (unpaired) electrons. The van der Waals surface area contributed by atoms with Crippen LogP contribution in [0.4, 0.5) is 14.5 Å². The number of rotatable bonds is 3. The molecule has 0 saturated heterocycles. The Balaban J connectivity index is 2.61. The lowest BCUT2D eigenvalue weighted by Crippen LogP contribution is -2.00. The highest BCUT2D eigenvalue weighted by molar-refractivity contribution is 6.35. The van der Waals surface area contributed by atoms with E-state index in [1.165, 1.54) is 24.4 Å². The number of alkyl halides is 2. The molecule has 0 saturated carbocycles. The molecule has 5 nitrogen and oxygen atoms in total. The molecular formula is C10H6ClF2N3O2. The van der Waals surface area contributed by atoms with E-state index in [9.17, 15) is 18.9 Å². The Kier molecular flexibility index (Phi) is 3.24. The van der Waals surface area contributed by atoms with Crippen LogP contribution in [0.1, 0.15) is 6.55 Å². The molecular weight excluding hydrogens is 268 g/mol. The van der Waals surface area contributed by atoms with Crippen molar-refractivity contribution >= 4 is 17.3 Å². The number of benzene rings is 1. The van der Waals surface area contributed by atoms with Crippen LogP contribution in [0.5, 0.6) is 0 Å². The summed E-state index contributed by atoms with van der Waals surface area (Å²) in [5.41, 5.74) is -0.255. The van der Waals surface area contributed by atoms with Gasteiger partial charge < -0.3 is 0 Å². The quantitative estimate of drug-likeness (QED) is 0.635. The third kappa shape index (κ3) is 2.04. The lowest BCUT2D eigenvalue weighted by Gasteiger charge is -2.07. The van der Waals surface area contributed by atoms with E-state index in [4.69, 9.17) is 11.6 Å². The van der Waals surface area contributed by atoms with Gasteiger partial charge in [0.15, 0.2) is 0 Å². The minimum atomic E-state index is -2.79. The summed E-state index contributed by atoms with van der Waals surface area (Å²) in [6.07, 6.45) is 2.26. The van der Waals surface area contributed by atoms with E-state index in [1.54, 1.807) is 0 Å². The third-order valence-electron chi connectivity index (χ3n) is 2.29. The van der Waals surface area contributed by atoms with Gasteiger partial charge in [0.2, 0.25) is 0 Å². The number of hydrogen-bond donors (Lipinski definition) is 0. The van der Waals surface area contributed by atoms with E-state index in [-0.39, 0.29) is 22.1 Å². The van der Waals surface area contributed by atoms with Crippen molar-refractivity contribution < 1.29 is 13.7 Å². The van der Waals surface area contributed by atoms with Crippen LogP contribution in [-0.2, 0) is 0 Å². The van der Waals surface area contributed by atoms with Gasteiger partial charge in [0.1, 0.15) is 10.8 Å². The molecule has 1 aromatic heterocycles. The molecule has 0 atom stereocenters. The Morgan fingerprint density at radius 1 is 1.44 bits per heavy atom. The maximum Gasteiger partial charge on any atom is 0.320 e. The first kappa shape index (κ1) is 12.4. The van der Waals surface area contributed by atoms with Gasteiger partial charge in [0.25, 0.3) is 5.69 Å². The predicted octanol–water partition coefficient (Wildman–Crippen LogP) is 3.51. The van der Waals surface area contributed by atoms with Gasteiger partial charge in [-0.2, -0.15) is 8.78 Å². The Morgan fingerprint density at radius 3 is 2.78 bits per heavy atom. The molecule has 8 heteroatoms. The zero-order chi connectivity index (χ0) is 13.3. The molecule has 18 heavy (non-hydrogen) atoms. The lowest BCUT2D eigenvalue weighted by atomic mass is 10.2. The first-order valence-corrected chi connectivity index (χ1v) is 5.14. The van der Waals surface area contributed by atoms with E-state index < -0.39 is 11.5 Å². The Morgan fingerprint density at radius 2 is 2.17 bits per heavy atom. The molecule has 0 bridgehead atoms. The molecule has 2 aromatic rings. The van der Waals surface area contributed by atoms with Crippen LogP contribution in [0.25, 0.3) is 11.4 Å². The Labute approximate surface area is 105 Å². The van der Waals surface area contributed by atoms with Crippen LogP contribution < -0.4 is 0 Å². The molecule has 1 aromatic carbocycles. The fourth-order valence-corrected chi connectivity index (χ4v) is 1.79. The molecule has 0 aliphatic rings. The number of nitrogens with zero attached hydrogens (tertiary/aromatic N) is 3. The number of nitro groups is 1. The van der Waals surface area contributed by atoms with E-state index in [0.29, 0.717) is 4.57 Å². The van der Waals surface area contributed by atoms with Gasteiger partial charge in [-0.1, -0.05) is 17.7 Å². The average Bonchev–Trinajstić information content (AvgIpc) is 2.77. The first-order chi connectivity index (χ1) is 8.52. The van der Waals surface area contributed by atoms with E-state index in [1.807, 2.05) is 0 Å². The molecule has 94 valence electrons. The molecule has 0 fully saturated rings. The molecule has 0 aliphatic heterocycles. The minimum Gasteiger partial charge on any atom is -0.274 e. The Hall–Kier alpha value is -2.02. The predicted molar refractivity (Wildman–Crippen MR) is 60.6 cm³/mol. The number of nitro benzene ring substituents is 1. The van der Waals surface area contributed by atoms with Crippen LogP contribution in [0.3, 0.4) is 0 Å². The highest BCUT2D eigenvalue weighted by atomic mass is 35.5. The number of aromatic nitrogens is 2. The normalized spacial score (nSPS) is 10.9. The summed E-state index contributed by atoms with van der Waals surface area (Å²) in [7, 11) is 0. The maximum absolute atomic E-state index is 12.7. The fourth-order valence-electron chi connectivity index (χ4n) is 1.51. The van der Waals surface area contributed by atoms with Gasteiger partial charge in [-0.25, -0.2) is 4.98 Å². The van der Waals surface area contributed by atoms with Crippen LogP contribution in [0, 0.1) is 10.1 Å². The number of hydrogen-bond acceptors (Lipinski definition) is 3. The zero-order valence-corrected chi connectivity index (χ0v) is 9.51. The number of imidazole rings is 1. The van der Waals surface area contributed by atoms with Crippen LogP contribution >= 0.6 is 11.6 Å². The Bertz CT molecular complexity index is 601.